The van der Waals surface area contributed by atoms with Crippen LogP contribution in [0.25, 0.3) is 0 Å². The van der Waals surface area contributed by atoms with Gasteiger partial charge >= 0.3 is 0 Å². The molecular formula is C18H26O2S. The minimum absolute atomic E-state index is 0.0993. The fraction of sp³-hybridized carbons (Fsp3) is 0.778. The van der Waals surface area contributed by atoms with Gasteiger partial charge in [0.2, 0.25) is 0 Å². The van der Waals surface area contributed by atoms with Crippen LogP contribution in [-0.2, 0) is 17.6 Å². The predicted octanol–water partition coefficient (Wildman–Crippen LogP) is 4.40. The topological polar surface area (TPSA) is 29.5 Å². The zero-order valence-electron chi connectivity index (χ0n) is 12.8. The van der Waals surface area contributed by atoms with Crippen LogP contribution in [0.2, 0.25) is 0 Å². The van der Waals surface area contributed by atoms with Crippen molar-refractivity contribution in [2.75, 3.05) is 6.61 Å². The van der Waals surface area contributed by atoms with E-state index in [4.69, 9.17) is 4.74 Å². The van der Waals surface area contributed by atoms with Crippen LogP contribution in [0, 0.1) is 5.92 Å². The van der Waals surface area contributed by atoms with Gasteiger partial charge in [0.25, 0.3) is 0 Å². The third-order valence-corrected chi connectivity index (χ3v) is 7.11. The molecule has 0 aromatic carbocycles. The molecule has 1 spiro atoms. The molecular weight excluding hydrogens is 280 g/mol. The number of thiophene rings is 1. The molecule has 116 valence electrons. The highest BCUT2D eigenvalue weighted by atomic mass is 32.1. The van der Waals surface area contributed by atoms with E-state index in [9.17, 15) is 5.11 Å². The Morgan fingerprint density at radius 3 is 2.86 bits per heavy atom. The Kier molecular flexibility index (Phi) is 3.85. The van der Waals surface area contributed by atoms with E-state index in [0.29, 0.717) is 5.92 Å². The first-order chi connectivity index (χ1) is 10.3. The molecule has 2 aliphatic carbocycles. The summed E-state index contributed by atoms with van der Waals surface area (Å²) in [5.41, 5.74) is 1.61. The molecule has 2 nitrogen and oxygen atoms in total. The number of fused-ring (bicyclic) bond motifs is 1. The van der Waals surface area contributed by atoms with Crippen LogP contribution in [-0.4, -0.2) is 17.3 Å². The third-order valence-electron chi connectivity index (χ3n) is 5.80. The molecule has 2 atom stereocenters. The Bertz CT molecular complexity index is 474. The van der Waals surface area contributed by atoms with Crippen molar-refractivity contribution in [1.29, 1.82) is 0 Å². The summed E-state index contributed by atoms with van der Waals surface area (Å²) in [5, 5.41) is 10.9. The number of rotatable bonds is 2. The molecule has 1 N–H and O–H groups in total. The van der Waals surface area contributed by atoms with Gasteiger partial charge in [-0.05, 0) is 62.5 Å². The second-order valence-corrected chi connectivity index (χ2v) is 8.41. The van der Waals surface area contributed by atoms with Gasteiger partial charge in [-0.15, -0.1) is 11.3 Å². The van der Waals surface area contributed by atoms with E-state index in [1.54, 1.807) is 0 Å². The highest BCUT2D eigenvalue weighted by Gasteiger charge is 2.41. The molecule has 3 aliphatic rings. The van der Waals surface area contributed by atoms with Crippen molar-refractivity contribution in [2.45, 2.75) is 75.9 Å². The minimum atomic E-state index is -0.261. The van der Waals surface area contributed by atoms with Crippen LogP contribution in [0.1, 0.15) is 72.8 Å². The Hall–Kier alpha value is -0.380. The van der Waals surface area contributed by atoms with E-state index >= 15 is 0 Å². The molecule has 2 unspecified atom stereocenters. The van der Waals surface area contributed by atoms with Gasteiger partial charge in [-0.3, -0.25) is 0 Å². The number of hydrogen-bond donors (Lipinski definition) is 1. The summed E-state index contributed by atoms with van der Waals surface area (Å²) in [6.07, 6.45) is 11.9. The van der Waals surface area contributed by atoms with Crippen molar-refractivity contribution in [3.63, 3.8) is 0 Å². The first-order valence-corrected chi connectivity index (χ1v) is 9.51. The van der Waals surface area contributed by atoms with Crippen molar-refractivity contribution >= 4 is 11.3 Å². The molecule has 1 saturated heterocycles. The minimum Gasteiger partial charge on any atom is -0.387 e. The van der Waals surface area contributed by atoms with Crippen LogP contribution in [0.4, 0.5) is 0 Å². The van der Waals surface area contributed by atoms with Gasteiger partial charge in [0, 0.05) is 16.4 Å². The smallest absolute Gasteiger partial charge is 0.0912 e. The number of aliphatic hydroxyl groups is 1. The SMILES string of the molecule is OC(c1cc2c(s1)CCC2)C1CCOC2(CCCCC2)C1. The summed E-state index contributed by atoms with van der Waals surface area (Å²) in [6.45, 7) is 0.840. The highest BCUT2D eigenvalue weighted by Crippen LogP contribution is 2.46. The van der Waals surface area contributed by atoms with Crippen molar-refractivity contribution in [2.24, 2.45) is 5.92 Å². The van der Waals surface area contributed by atoms with E-state index in [1.165, 1.54) is 66.7 Å². The molecule has 3 heteroatoms. The lowest BCUT2D eigenvalue weighted by atomic mass is 9.74. The lowest BCUT2D eigenvalue weighted by Gasteiger charge is -2.44. The van der Waals surface area contributed by atoms with Crippen LogP contribution in [0.3, 0.4) is 0 Å². The average Bonchev–Trinajstić information content (AvgIpc) is 3.08. The van der Waals surface area contributed by atoms with Crippen molar-refractivity contribution in [1.82, 2.24) is 0 Å². The van der Waals surface area contributed by atoms with Crippen LogP contribution < -0.4 is 0 Å². The maximum atomic E-state index is 10.9. The summed E-state index contributed by atoms with van der Waals surface area (Å²) in [6, 6.07) is 2.29. The van der Waals surface area contributed by atoms with Crippen molar-refractivity contribution in [3.05, 3.63) is 21.4 Å². The summed E-state index contributed by atoms with van der Waals surface area (Å²) in [5.74, 6) is 0.399. The molecule has 2 heterocycles. The maximum Gasteiger partial charge on any atom is 0.0912 e. The molecule has 1 aromatic heterocycles. The Balaban J connectivity index is 1.49. The van der Waals surface area contributed by atoms with Gasteiger partial charge in [-0.25, -0.2) is 0 Å². The Morgan fingerprint density at radius 1 is 1.19 bits per heavy atom. The number of ether oxygens (including phenoxy) is 1. The molecule has 0 radical (unpaired) electrons. The first kappa shape index (κ1) is 14.2. The fourth-order valence-corrected chi connectivity index (χ4v) is 5.95. The monoisotopic (exact) mass is 306 g/mol. The van der Waals surface area contributed by atoms with E-state index in [1.807, 2.05) is 11.3 Å². The van der Waals surface area contributed by atoms with Crippen molar-refractivity contribution < 1.29 is 9.84 Å². The number of aliphatic hydroxyl groups excluding tert-OH is 1. The second-order valence-electron chi connectivity index (χ2n) is 7.24. The third kappa shape index (κ3) is 2.69. The molecule has 0 amide bonds. The van der Waals surface area contributed by atoms with E-state index in [2.05, 4.69) is 6.07 Å². The summed E-state index contributed by atoms with van der Waals surface area (Å²) in [4.78, 5) is 2.75. The van der Waals surface area contributed by atoms with Crippen molar-refractivity contribution in [3.8, 4) is 0 Å². The molecule has 1 saturated carbocycles. The lowest BCUT2D eigenvalue weighted by Crippen LogP contribution is -2.42. The average molecular weight is 306 g/mol. The quantitative estimate of drug-likeness (QED) is 0.877. The Labute approximate surface area is 131 Å². The van der Waals surface area contributed by atoms with Crippen LogP contribution >= 0.6 is 11.3 Å². The number of hydrogen-bond acceptors (Lipinski definition) is 3. The predicted molar refractivity (Wildman–Crippen MR) is 85.8 cm³/mol. The zero-order valence-corrected chi connectivity index (χ0v) is 13.6. The van der Waals surface area contributed by atoms with E-state index in [0.717, 1.165) is 19.4 Å². The maximum absolute atomic E-state index is 10.9. The van der Waals surface area contributed by atoms with Gasteiger partial charge in [-0.1, -0.05) is 19.3 Å². The largest absolute Gasteiger partial charge is 0.387 e. The van der Waals surface area contributed by atoms with Gasteiger partial charge in [0.05, 0.1) is 11.7 Å². The molecule has 21 heavy (non-hydrogen) atoms. The van der Waals surface area contributed by atoms with Crippen LogP contribution in [0.5, 0.6) is 0 Å². The molecule has 1 aliphatic heterocycles. The van der Waals surface area contributed by atoms with Gasteiger partial charge in [0.15, 0.2) is 0 Å². The van der Waals surface area contributed by atoms with Gasteiger partial charge < -0.3 is 9.84 Å². The summed E-state index contributed by atoms with van der Waals surface area (Å²) < 4.78 is 6.18. The standard InChI is InChI=1S/C18H26O2S/c19-17(16-11-13-5-4-6-15(13)21-16)14-7-10-20-18(12-14)8-2-1-3-9-18/h11,14,17,19H,1-10,12H2. The van der Waals surface area contributed by atoms with E-state index in [-0.39, 0.29) is 11.7 Å². The molecule has 4 rings (SSSR count). The molecule has 0 bridgehead atoms. The zero-order chi connectivity index (χ0) is 14.3. The van der Waals surface area contributed by atoms with Crippen LogP contribution in [0.15, 0.2) is 6.07 Å². The normalized spacial score (nSPS) is 29.5. The molecule has 1 aromatic rings. The summed E-state index contributed by atoms with van der Waals surface area (Å²) >= 11 is 1.87. The lowest BCUT2D eigenvalue weighted by molar-refractivity contribution is -0.133. The molecule has 2 fully saturated rings. The first-order valence-electron chi connectivity index (χ1n) is 8.69. The fourth-order valence-electron chi connectivity index (χ4n) is 4.61. The number of aryl methyl sites for hydroxylation is 2. The van der Waals surface area contributed by atoms with Gasteiger partial charge in [-0.2, -0.15) is 0 Å². The second kappa shape index (κ2) is 5.68. The summed E-state index contributed by atoms with van der Waals surface area (Å²) in [7, 11) is 0. The van der Waals surface area contributed by atoms with E-state index < -0.39 is 0 Å². The van der Waals surface area contributed by atoms with Gasteiger partial charge in [0.1, 0.15) is 0 Å². The highest BCUT2D eigenvalue weighted by molar-refractivity contribution is 7.12. The Morgan fingerprint density at radius 2 is 2.05 bits per heavy atom.